The van der Waals surface area contributed by atoms with Gasteiger partial charge in [0, 0.05) is 5.56 Å². The van der Waals surface area contributed by atoms with Crippen LogP contribution in [0.5, 0.6) is 0 Å². The van der Waals surface area contributed by atoms with Crippen molar-refractivity contribution in [3.63, 3.8) is 0 Å². The van der Waals surface area contributed by atoms with Crippen LogP contribution in [-0.2, 0) is 11.2 Å². The lowest BCUT2D eigenvalue weighted by Gasteiger charge is -2.09. The Labute approximate surface area is 160 Å². The van der Waals surface area contributed by atoms with Gasteiger partial charge in [0.2, 0.25) is 5.91 Å². The number of hydrazine groups is 1. The number of aromatic nitrogens is 4. The largest absolute Gasteiger partial charge is 0.273 e. The van der Waals surface area contributed by atoms with Crippen LogP contribution >= 0.6 is 0 Å². The second-order valence-corrected chi connectivity index (χ2v) is 6.12. The van der Waals surface area contributed by atoms with Gasteiger partial charge < -0.3 is 0 Å². The topological polar surface area (TPSA) is 102 Å². The molecule has 28 heavy (non-hydrogen) atoms. The Morgan fingerprint density at radius 1 is 0.893 bits per heavy atom. The fourth-order valence-corrected chi connectivity index (χ4v) is 2.91. The molecule has 1 aromatic heterocycles. The van der Waals surface area contributed by atoms with E-state index in [0.717, 1.165) is 22.0 Å². The molecule has 0 bridgehead atoms. The van der Waals surface area contributed by atoms with Crippen LogP contribution in [-0.4, -0.2) is 32.0 Å². The van der Waals surface area contributed by atoms with Gasteiger partial charge >= 0.3 is 0 Å². The third kappa shape index (κ3) is 3.70. The molecule has 0 saturated heterocycles. The Bertz CT molecular complexity index is 1120. The van der Waals surface area contributed by atoms with Gasteiger partial charge in [0.1, 0.15) is 6.33 Å². The number of fused-ring (bicyclic) bond motifs is 1. The van der Waals surface area contributed by atoms with E-state index in [1.165, 1.54) is 11.0 Å². The van der Waals surface area contributed by atoms with Crippen LogP contribution in [0.1, 0.15) is 15.9 Å². The van der Waals surface area contributed by atoms with E-state index in [2.05, 4.69) is 26.4 Å². The predicted molar refractivity (Wildman–Crippen MR) is 102 cm³/mol. The smallest absolute Gasteiger partial charge is 0.269 e. The molecule has 0 fully saturated rings. The van der Waals surface area contributed by atoms with Crippen molar-refractivity contribution in [2.24, 2.45) is 0 Å². The lowest BCUT2D eigenvalue weighted by atomic mass is 10.0. The van der Waals surface area contributed by atoms with Gasteiger partial charge in [-0.3, -0.25) is 20.4 Å². The summed E-state index contributed by atoms with van der Waals surface area (Å²) >= 11 is 0. The molecule has 8 heteroatoms. The molecule has 0 saturated carbocycles. The number of hydrogen-bond donors (Lipinski definition) is 2. The number of carbonyl (C=O) groups excluding carboxylic acids is 2. The molecule has 0 spiro atoms. The second kappa shape index (κ2) is 7.67. The monoisotopic (exact) mass is 372 g/mol. The van der Waals surface area contributed by atoms with Crippen molar-refractivity contribution < 1.29 is 9.59 Å². The Hall–Kier alpha value is -4.07. The number of nitrogens with zero attached hydrogens (tertiary/aromatic N) is 4. The average Bonchev–Trinajstić information content (AvgIpc) is 3.27. The van der Waals surface area contributed by atoms with Crippen LogP contribution < -0.4 is 10.9 Å². The normalized spacial score (nSPS) is 10.6. The number of tetrazole rings is 1. The minimum absolute atomic E-state index is 0.167. The third-order valence-electron chi connectivity index (χ3n) is 4.29. The van der Waals surface area contributed by atoms with Gasteiger partial charge in [-0.25, -0.2) is 4.68 Å². The molecule has 138 valence electrons. The minimum atomic E-state index is -0.408. The molecule has 4 aromatic rings. The van der Waals surface area contributed by atoms with E-state index in [-0.39, 0.29) is 12.3 Å². The molecule has 0 atom stereocenters. The predicted octanol–water partition coefficient (Wildman–Crippen LogP) is 1.82. The van der Waals surface area contributed by atoms with Gasteiger partial charge in [0.15, 0.2) is 0 Å². The van der Waals surface area contributed by atoms with Crippen LogP contribution in [0, 0.1) is 0 Å². The number of rotatable bonds is 4. The molecule has 2 amide bonds. The van der Waals surface area contributed by atoms with Crippen molar-refractivity contribution in [2.75, 3.05) is 0 Å². The summed E-state index contributed by atoms with van der Waals surface area (Å²) in [6, 6.07) is 20.4. The quantitative estimate of drug-likeness (QED) is 0.532. The molecule has 0 aliphatic heterocycles. The maximum atomic E-state index is 12.3. The maximum Gasteiger partial charge on any atom is 0.269 e. The molecule has 4 rings (SSSR count). The number of carbonyl (C=O) groups is 2. The first-order valence-corrected chi connectivity index (χ1v) is 8.60. The number of amides is 2. The molecule has 2 N–H and O–H groups in total. The van der Waals surface area contributed by atoms with E-state index >= 15 is 0 Å². The van der Waals surface area contributed by atoms with Crippen molar-refractivity contribution >= 4 is 22.6 Å². The highest BCUT2D eigenvalue weighted by Crippen LogP contribution is 2.18. The Morgan fingerprint density at radius 2 is 1.68 bits per heavy atom. The summed E-state index contributed by atoms with van der Waals surface area (Å²) in [6.45, 7) is 0. The van der Waals surface area contributed by atoms with Crippen molar-refractivity contribution in [1.29, 1.82) is 0 Å². The molecule has 0 aliphatic carbocycles. The molecule has 0 radical (unpaired) electrons. The van der Waals surface area contributed by atoms with E-state index in [1.54, 1.807) is 24.3 Å². The van der Waals surface area contributed by atoms with E-state index in [9.17, 15) is 9.59 Å². The molecule has 0 aliphatic rings. The van der Waals surface area contributed by atoms with Gasteiger partial charge in [-0.15, -0.1) is 5.10 Å². The van der Waals surface area contributed by atoms with Gasteiger partial charge in [-0.2, -0.15) is 0 Å². The molecular formula is C20H16N6O2. The fourth-order valence-electron chi connectivity index (χ4n) is 2.91. The minimum Gasteiger partial charge on any atom is -0.273 e. The summed E-state index contributed by atoms with van der Waals surface area (Å²) in [7, 11) is 0. The summed E-state index contributed by atoms with van der Waals surface area (Å²) < 4.78 is 1.48. The zero-order valence-electron chi connectivity index (χ0n) is 14.7. The highest BCUT2D eigenvalue weighted by Gasteiger charge is 2.10. The average molecular weight is 372 g/mol. The van der Waals surface area contributed by atoms with Crippen molar-refractivity contribution in [2.45, 2.75) is 6.42 Å². The molecule has 1 heterocycles. The molecule has 3 aromatic carbocycles. The van der Waals surface area contributed by atoms with Crippen LogP contribution in [0.25, 0.3) is 16.5 Å². The highest BCUT2D eigenvalue weighted by atomic mass is 16.2. The van der Waals surface area contributed by atoms with Crippen LogP contribution in [0.4, 0.5) is 0 Å². The van der Waals surface area contributed by atoms with E-state index in [0.29, 0.717) is 5.56 Å². The Morgan fingerprint density at radius 3 is 2.46 bits per heavy atom. The third-order valence-corrected chi connectivity index (χ3v) is 4.29. The SMILES string of the molecule is O=C(Cc1cccc2ccccc12)NNC(=O)c1ccc(-n2cnnn2)cc1. The maximum absolute atomic E-state index is 12.3. The van der Waals surface area contributed by atoms with Crippen molar-refractivity contribution in [3.8, 4) is 5.69 Å². The van der Waals surface area contributed by atoms with Crippen LogP contribution in [0.2, 0.25) is 0 Å². The number of hydrogen-bond acceptors (Lipinski definition) is 5. The summed E-state index contributed by atoms with van der Waals surface area (Å²) in [5.74, 6) is -0.704. The van der Waals surface area contributed by atoms with Crippen molar-refractivity contribution in [1.82, 2.24) is 31.1 Å². The number of nitrogens with one attached hydrogen (secondary N) is 2. The van der Waals surface area contributed by atoms with E-state index in [1.807, 2.05) is 42.5 Å². The lowest BCUT2D eigenvalue weighted by molar-refractivity contribution is -0.121. The van der Waals surface area contributed by atoms with Crippen LogP contribution in [0.15, 0.2) is 73.1 Å². The Kier molecular flexibility index (Phi) is 4.75. The van der Waals surface area contributed by atoms with E-state index in [4.69, 9.17) is 0 Å². The lowest BCUT2D eigenvalue weighted by Crippen LogP contribution is -2.42. The first-order chi connectivity index (χ1) is 13.7. The first kappa shape index (κ1) is 17.3. The number of benzene rings is 3. The fraction of sp³-hybridized carbons (Fsp3) is 0.0500. The summed E-state index contributed by atoms with van der Waals surface area (Å²) in [5, 5.41) is 13.0. The van der Waals surface area contributed by atoms with Crippen molar-refractivity contribution in [3.05, 3.63) is 84.2 Å². The summed E-state index contributed by atoms with van der Waals surface area (Å²) in [6.07, 6.45) is 1.63. The summed E-state index contributed by atoms with van der Waals surface area (Å²) in [5.41, 5.74) is 6.92. The highest BCUT2D eigenvalue weighted by molar-refractivity contribution is 5.96. The van der Waals surface area contributed by atoms with Gasteiger partial charge in [-0.05, 0) is 51.0 Å². The van der Waals surface area contributed by atoms with Gasteiger partial charge in [0.05, 0.1) is 12.1 Å². The van der Waals surface area contributed by atoms with E-state index < -0.39 is 5.91 Å². The van der Waals surface area contributed by atoms with Gasteiger partial charge in [-0.1, -0.05) is 42.5 Å². The second-order valence-electron chi connectivity index (χ2n) is 6.12. The first-order valence-electron chi connectivity index (χ1n) is 8.60. The van der Waals surface area contributed by atoms with Crippen LogP contribution in [0.3, 0.4) is 0 Å². The standard InChI is InChI=1S/C20H16N6O2/c27-19(12-16-6-3-5-14-4-1-2-7-18(14)16)22-23-20(28)15-8-10-17(11-9-15)26-13-21-24-25-26/h1-11,13H,12H2,(H,22,27)(H,23,28). The molecule has 0 unspecified atom stereocenters. The molecule has 8 nitrogen and oxygen atoms in total. The summed E-state index contributed by atoms with van der Waals surface area (Å²) in [4.78, 5) is 24.5. The zero-order chi connectivity index (χ0) is 19.3. The van der Waals surface area contributed by atoms with Gasteiger partial charge in [0.25, 0.3) is 5.91 Å². The Balaban J connectivity index is 1.37. The zero-order valence-corrected chi connectivity index (χ0v) is 14.7. The molecular weight excluding hydrogens is 356 g/mol.